The Morgan fingerprint density at radius 3 is 1.67 bits per heavy atom. The van der Waals surface area contributed by atoms with Gasteiger partial charge in [0.2, 0.25) is 0 Å². The maximum Gasteiger partial charge on any atom is 0.319 e. The number of rotatable bonds is 2. The first kappa shape index (κ1) is 12.1. The molecule has 6 nitrogen and oxygen atoms in total. The average Bonchev–Trinajstić information content (AvgIpc) is 2.35. The lowest BCUT2D eigenvalue weighted by Gasteiger charge is -2.18. The van der Waals surface area contributed by atoms with E-state index >= 15 is 0 Å². The number of nitrogens with zero attached hydrogens (tertiary/aromatic N) is 3. The van der Waals surface area contributed by atoms with Crippen LogP contribution in [-0.2, 0) is 0 Å². The van der Waals surface area contributed by atoms with E-state index in [2.05, 4.69) is 0 Å². The van der Waals surface area contributed by atoms with Gasteiger partial charge in [0.15, 0.2) is 0 Å². The minimum absolute atomic E-state index is 0.0230. The van der Waals surface area contributed by atoms with Crippen LogP contribution >= 0.6 is 0 Å². The Labute approximate surface area is 104 Å². The molecule has 1 N–H and O–H groups in total. The maximum absolute atomic E-state index is 11.8. The topological polar surface area (TPSA) is 77.3 Å². The van der Waals surface area contributed by atoms with Crippen LogP contribution < -0.4 is 14.5 Å². The van der Waals surface area contributed by atoms with E-state index in [4.69, 9.17) is 0 Å². The fraction of sp³-hybridized carbons (Fsp3) is 0.167. The maximum atomic E-state index is 11.8. The molecule has 0 radical (unpaired) electrons. The first-order valence-electron chi connectivity index (χ1n) is 5.39. The standard InChI is InChI=1S/C12H13N3O3/c1-9-5-3-7-11(13(9)16)15(18)12-8-4-6-10(2)14(12)17/h3-8,18H,1-2H3. The molecule has 6 heteroatoms. The Bertz CT molecular complexity index is 535. The summed E-state index contributed by atoms with van der Waals surface area (Å²) in [6.45, 7) is 3.23. The summed E-state index contributed by atoms with van der Waals surface area (Å²) >= 11 is 0. The summed E-state index contributed by atoms with van der Waals surface area (Å²) in [7, 11) is 0. The van der Waals surface area contributed by atoms with Crippen LogP contribution in [0, 0.1) is 24.3 Å². The van der Waals surface area contributed by atoms with Crippen molar-refractivity contribution in [3.8, 4) is 0 Å². The Morgan fingerprint density at radius 1 is 0.889 bits per heavy atom. The van der Waals surface area contributed by atoms with Gasteiger partial charge >= 0.3 is 11.6 Å². The molecule has 2 aromatic heterocycles. The lowest BCUT2D eigenvalue weighted by Crippen LogP contribution is -2.42. The zero-order chi connectivity index (χ0) is 13.3. The molecule has 0 bridgehead atoms. The monoisotopic (exact) mass is 247 g/mol. The summed E-state index contributed by atoms with van der Waals surface area (Å²) in [6.07, 6.45) is 0. The van der Waals surface area contributed by atoms with E-state index in [0.717, 1.165) is 0 Å². The largest absolute Gasteiger partial charge is 0.710 e. The van der Waals surface area contributed by atoms with Crippen molar-refractivity contribution in [1.82, 2.24) is 0 Å². The molecule has 0 atom stereocenters. The highest BCUT2D eigenvalue weighted by Crippen LogP contribution is 2.16. The number of anilines is 2. The Morgan fingerprint density at radius 2 is 1.28 bits per heavy atom. The van der Waals surface area contributed by atoms with Gasteiger partial charge in [-0.1, -0.05) is 12.1 Å². The molecule has 0 fully saturated rings. The number of hydrogen-bond acceptors (Lipinski definition) is 4. The summed E-state index contributed by atoms with van der Waals surface area (Å²) < 4.78 is 1.12. The molecule has 0 unspecified atom stereocenters. The predicted octanol–water partition coefficient (Wildman–Crippen LogP) is 1.10. The molecule has 0 aromatic carbocycles. The van der Waals surface area contributed by atoms with Crippen molar-refractivity contribution in [2.24, 2.45) is 0 Å². The summed E-state index contributed by atoms with van der Waals surface area (Å²) in [5, 5.41) is 34.1. The third-order valence-corrected chi connectivity index (χ3v) is 2.66. The SMILES string of the molecule is Cc1cccc(N(O)c2cccc(C)[n+]2[O-])[n+]1[O-]. The molecule has 94 valence electrons. The van der Waals surface area contributed by atoms with Crippen molar-refractivity contribution in [2.75, 3.05) is 5.06 Å². The van der Waals surface area contributed by atoms with Crippen LogP contribution in [0.5, 0.6) is 0 Å². The zero-order valence-electron chi connectivity index (χ0n) is 10.1. The fourth-order valence-corrected chi connectivity index (χ4v) is 1.61. The van der Waals surface area contributed by atoms with E-state index in [1.54, 1.807) is 38.1 Å². The summed E-state index contributed by atoms with van der Waals surface area (Å²) in [6, 6.07) is 9.36. The van der Waals surface area contributed by atoms with Crippen molar-refractivity contribution in [3.63, 3.8) is 0 Å². The normalized spacial score (nSPS) is 10.4. The molecule has 0 spiro atoms. The number of hydrogen-bond donors (Lipinski definition) is 1. The molecule has 0 aliphatic heterocycles. The van der Waals surface area contributed by atoms with Gasteiger partial charge in [0.1, 0.15) is 11.4 Å². The molecule has 0 aliphatic rings. The van der Waals surface area contributed by atoms with Gasteiger partial charge in [-0.2, -0.15) is 0 Å². The van der Waals surface area contributed by atoms with Crippen molar-refractivity contribution in [1.29, 1.82) is 0 Å². The Balaban J connectivity index is 2.51. The van der Waals surface area contributed by atoms with Crippen LogP contribution in [0.4, 0.5) is 11.6 Å². The lowest BCUT2D eigenvalue weighted by molar-refractivity contribution is -0.612. The number of aromatic nitrogens is 2. The van der Waals surface area contributed by atoms with Crippen molar-refractivity contribution in [2.45, 2.75) is 13.8 Å². The molecular weight excluding hydrogens is 234 g/mol. The van der Waals surface area contributed by atoms with E-state index in [1.807, 2.05) is 0 Å². The molecule has 2 rings (SSSR count). The first-order valence-corrected chi connectivity index (χ1v) is 5.39. The molecule has 0 saturated heterocycles. The molecule has 0 aliphatic carbocycles. The highest BCUT2D eigenvalue weighted by Gasteiger charge is 2.23. The smallest absolute Gasteiger partial charge is 0.319 e. The first-order chi connectivity index (χ1) is 8.52. The van der Waals surface area contributed by atoms with E-state index in [0.29, 0.717) is 25.9 Å². The van der Waals surface area contributed by atoms with Crippen LogP contribution in [0.1, 0.15) is 11.4 Å². The van der Waals surface area contributed by atoms with Gasteiger partial charge in [0.25, 0.3) is 0 Å². The second-order valence-corrected chi connectivity index (χ2v) is 3.95. The van der Waals surface area contributed by atoms with E-state index < -0.39 is 0 Å². The molecule has 2 aromatic rings. The summed E-state index contributed by atoms with van der Waals surface area (Å²) in [4.78, 5) is 0. The fourth-order valence-electron chi connectivity index (χ4n) is 1.61. The summed E-state index contributed by atoms with van der Waals surface area (Å²) in [5.41, 5.74) is 0.855. The van der Waals surface area contributed by atoms with Gasteiger partial charge in [-0.15, -0.1) is 0 Å². The third kappa shape index (κ3) is 1.93. The van der Waals surface area contributed by atoms with Gasteiger partial charge in [-0.05, 0) is 31.0 Å². The van der Waals surface area contributed by atoms with Gasteiger partial charge in [0, 0.05) is 12.1 Å². The quantitative estimate of drug-likeness (QED) is 0.489. The minimum atomic E-state index is -0.0230. The Hall–Kier alpha value is -2.34. The van der Waals surface area contributed by atoms with Crippen LogP contribution in [0.25, 0.3) is 0 Å². The number of aryl methyl sites for hydroxylation is 2. The van der Waals surface area contributed by atoms with E-state index in [-0.39, 0.29) is 11.6 Å². The van der Waals surface area contributed by atoms with Crippen LogP contribution in [-0.4, -0.2) is 5.21 Å². The van der Waals surface area contributed by atoms with Gasteiger partial charge in [-0.3, -0.25) is 0 Å². The summed E-state index contributed by atoms with van der Waals surface area (Å²) in [5.74, 6) is -0.0459. The van der Waals surface area contributed by atoms with Gasteiger partial charge in [-0.25, -0.2) is 14.7 Å². The molecular formula is C12H13N3O3. The zero-order valence-corrected chi connectivity index (χ0v) is 10.1. The van der Waals surface area contributed by atoms with Crippen molar-refractivity contribution in [3.05, 3.63) is 58.2 Å². The van der Waals surface area contributed by atoms with Gasteiger partial charge < -0.3 is 10.4 Å². The second kappa shape index (κ2) is 4.50. The van der Waals surface area contributed by atoms with E-state index in [1.165, 1.54) is 12.1 Å². The lowest BCUT2D eigenvalue weighted by atomic mass is 10.3. The highest BCUT2D eigenvalue weighted by molar-refractivity contribution is 5.46. The van der Waals surface area contributed by atoms with Crippen LogP contribution in [0.3, 0.4) is 0 Å². The van der Waals surface area contributed by atoms with Crippen molar-refractivity contribution < 1.29 is 14.7 Å². The molecule has 0 amide bonds. The number of pyridine rings is 2. The van der Waals surface area contributed by atoms with E-state index in [9.17, 15) is 15.6 Å². The van der Waals surface area contributed by atoms with Crippen molar-refractivity contribution >= 4 is 11.6 Å². The molecule has 0 saturated carbocycles. The average molecular weight is 247 g/mol. The Kier molecular flexibility index (Phi) is 3.03. The van der Waals surface area contributed by atoms with Crippen LogP contribution in [0.2, 0.25) is 0 Å². The van der Waals surface area contributed by atoms with Crippen LogP contribution in [0.15, 0.2) is 36.4 Å². The predicted molar refractivity (Wildman–Crippen MR) is 64.2 cm³/mol. The third-order valence-electron chi connectivity index (χ3n) is 2.66. The minimum Gasteiger partial charge on any atom is -0.710 e. The highest BCUT2D eigenvalue weighted by atomic mass is 16.5. The molecule has 18 heavy (non-hydrogen) atoms. The second-order valence-electron chi connectivity index (χ2n) is 3.95. The van der Waals surface area contributed by atoms with Gasteiger partial charge in [0.05, 0.1) is 0 Å². The molecule has 2 heterocycles.